The number of esters is 1. The molecule has 0 aliphatic rings. The Morgan fingerprint density at radius 1 is 1.19 bits per heavy atom. The number of pyridine rings is 1. The number of carbonyl (C=O) groups excluding carboxylic acids is 3. The van der Waals surface area contributed by atoms with E-state index in [4.69, 9.17) is 16.3 Å². The molecule has 0 radical (unpaired) electrons. The van der Waals surface area contributed by atoms with Crippen molar-refractivity contribution in [3.05, 3.63) is 41.0 Å². The third-order valence-corrected chi connectivity index (χ3v) is 3.14. The van der Waals surface area contributed by atoms with Crippen molar-refractivity contribution in [3.63, 3.8) is 0 Å². The van der Waals surface area contributed by atoms with Crippen LogP contribution in [0, 0.1) is 0 Å². The maximum absolute atomic E-state index is 12.1. The fourth-order valence-electron chi connectivity index (χ4n) is 1.91. The molecule has 3 amide bonds. The predicted octanol–water partition coefficient (Wildman–Crippen LogP) is 2.43. The first kappa shape index (κ1) is 19.4. The Kier molecular flexibility index (Phi) is 5.98. The number of amides is 3. The number of nitrogens with one attached hydrogen (secondary N) is 2. The van der Waals surface area contributed by atoms with E-state index in [2.05, 4.69) is 4.98 Å². The number of fused-ring (bicyclic) bond motifs is 1. The number of aromatic nitrogens is 1. The Hall–Kier alpha value is -2.88. The number of benzene rings is 1. The van der Waals surface area contributed by atoms with E-state index in [9.17, 15) is 27.6 Å². The summed E-state index contributed by atoms with van der Waals surface area (Å²) in [5.74, 6) is -2.00. The van der Waals surface area contributed by atoms with Crippen molar-refractivity contribution in [1.29, 1.82) is 0 Å². The molecule has 0 atom stereocenters. The summed E-state index contributed by atoms with van der Waals surface area (Å²) in [6.45, 7) is -2.47. The standard InChI is InChI=1S/C15H11ClF3N3O4/c16-11-5-9(8-3-1-2-4-10(8)21-11)13(24)26-6-12(23)22-14(25)20-7-15(17,18)19/h1-5H,6-7H2,(H2,20,22,23,25). The molecule has 11 heteroatoms. The summed E-state index contributed by atoms with van der Waals surface area (Å²) >= 11 is 5.83. The fraction of sp³-hybridized carbons (Fsp3) is 0.200. The molecule has 0 aliphatic heterocycles. The topological polar surface area (TPSA) is 97.4 Å². The highest BCUT2D eigenvalue weighted by Gasteiger charge is 2.28. The molecule has 138 valence electrons. The highest BCUT2D eigenvalue weighted by Crippen LogP contribution is 2.21. The van der Waals surface area contributed by atoms with Crippen LogP contribution >= 0.6 is 11.6 Å². The molecular formula is C15H11ClF3N3O4. The number of halogens is 4. The van der Waals surface area contributed by atoms with Crippen LogP contribution in [0.3, 0.4) is 0 Å². The van der Waals surface area contributed by atoms with Gasteiger partial charge in [0.25, 0.3) is 5.91 Å². The van der Waals surface area contributed by atoms with Crippen LogP contribution in [0.1, 0.15) is 10.4 Å². The van der Waals surface area contributed by atoms with Gasteiger partial charge in [0.1, 0.15) is 11.7 Å². The lowest BCUT2D eigenvalue weighted by atomic mass is 10.1. The van der Waals surface area contributed by atoms with Crippen LogP contribution < -0.4 is 10.6 Å². The lowest BCUT2D eigenvalue weighted by Gasteiger charge is -2.10. The van der Waals surface area contributed by atoms with E-state index in [0.29, 0.717) is 10.9 Å². The van der Waals surface area contributed by atoms with Gasteiger partial charge in [0.2, 0.25) is 0 Å². The first-order chi connectivity index (χ1) is 12.2. The Morgan fingerprint density at radius 2 is 1.88 bits per heavy atom. The first-order valence-electron chi connectivity index (χ1n) is 7.02. The number of urea groups is 1. The van der Waals surface area contributed by atoms with E-state index in [0.717, 1.165) is 0 Å². The summed E-state index contributed by atoms with van der Waals surface area (Å²) in [6.07, 6.45) is -4.62. The lowest BCUT2D eigenvalue weighted by Crippen LogP contribution is -2.44. The van der Waals surface area contributed by atoms with Crippen molar-refractivity contribution >= 4 is 40.4 Å². The second-order valence-corrected chi connectivity index (χ2v) is 5.32. The predicted molar refractivity (Wildman–Crippen MR) is 84.6 cm³/mol. The van der Waals surface area contributed by atoms with E-state index in [-0.39, 0.29) is 10.7 Å². The second-order valence-electron chi connectivity index (χ2n) is 4.93. The van der Waals surface area contributed by atoms with E-state index >= 15 is 0 Å². The molecule has 0 fully saturated rings. The molecule has 0 bridgehead atoms. The molecule has 0 saturated carbocycles. The number of imide groups is 1. The Balaban J connectivity index is 1.95. The van der Waals surface area contributed by atoms with Gasteiger partial charge in [0, 0.05) is 5.39 Å². The van der Waals surface area contributed by atoms with Gasteiger partial charge in [-0.15, -0.1) is 0 Å². The summed E-state index contributed by atoms with van der Waals surface area (Å²) in [7, 11) is 0. The number of hydrogen-bond acceptors (Lipinski definition) is 5. The zero-order valence-corrected chi connectivity index (χ0v) is 13.6. The minimum atomic E-state index is -4.62. The maximum atomic E-state index is 12.1. The number of alkyl halides is 3. The molecule has 1 aromatic heterocycles. The van der Waals surface area contributed by atoms with Crippen molar-refractivity contribution in [2.24, 2.45) is 0 Å². The largest absolute Gasteiger partial charge is 0.452 e. The molecule has 0 saturated heterocycles. The van der Waals surface area contributed by atoms with Crippen molar-refractivity contribution in [1.82, 2.24) is 15.6 Å². The minimum Gasteiger partial charge on any atom is -0.452 e. The molecule has 0 spiro atoms. The summed E-state index contributed by atoms with van der Waals surface area (Å²) in [5, 5.41) is 3.51. The number of nitrogens with zero attached hydrogens (tertiary/aromatic N) is 1. The molecule has 1 aromatic carbocycles. The average Bonchev–Trinajstić information content (AvgIpc) is 2.56. The van der Waals surface area contributed by atoms with Gasteiger partial charge in [-0.1, -0.05) is 29.8 Å². The Labute approximate surface area is 149 Å². The monoisotopic (exact) mass is 389 g/mol. The van der Waals surface area contributed by atoms with Crippen LogP contribution in [-0.2, 0) is 9.53 Å². The highest BCUT2D eigenvalue weighted by molar-refractivity contribution is 6.30. The SMILES string of the molecule is O=C(COC(=O)c1cc(Cl)nc2ccccc12)NC(=O)NCC(F)(F)F. The smallest absolute Gasteiger partial charge is 0.405 e. The third-order valence-electron chi connectivity index (χ3n) is 2.94. The summed E-state index contributed by atoms with van der Waals surface area (Å²) in [4.78, 5) is 38.7. The van der Waals surface area contributed by atoms with Gasteiger partial charge in [-0.05, 0) is 12.1 Å². The summed E-state index contributed by atoms with van der Waals surface area (Å²) in [5.41, 5.74) is 0.484. The van der Waals surface area contributed by atoms with Gasteiger partial charge >= 0.3 is 18.2 Å². The van der Waals surface area contributed by atoms with Crippen LogP contribution in [0.5, 0.6) is 0 Å². The van der Waals surface area contributed by atoms with Gasteiger partial charge in [-0.25, -0.2) is 14.6 Å². The zero-order chi connectivity index (χ0) is 19.3. The van der Waals surface area contributed by atoms with Gasteiger partial charge in [-0.2, -0.15) is 13.2 Å². The summed E-state index contributed by atoms with van der Waals surface area (Å²) in [6, 6.07) is 6.46. The highest BCUT2D eigenvalue weighted by atomic mass is 35.5. The molecule has 2 aromatic rings. The average molecular weight is 390 g/mol. The zero-order valence-electron chi connectivity index (χ0n) is 12.9. The van der Waals surface area contributed by atoms with Gasteiger partial charge < -0.3 is 10.1 Å². The Bertz CT molecular complexity index is 858. The Morgan fingerprint density at radius 3 is 2.58 bits per heavy atom. The number of hydrogen-bond donors (Lipinski definition) is 2. The van der Waals surface area contributed by atoms with Gasteiger partial charge in [0.05, 0.1) is 11.1 Å². The molecule has 0 aliphatic carbocycles. The first-order valence-corrected chi connectivity index (χ1v) is 7.40. The summed E-state index contributed by atoms with van der Waals surface area (Å²) < 4.78 is 40.6. The number of rotatable bonds is 4. The normalized spacial score (nSPS) is 11.1. The van der Waals surface area contributed by atoms with E-state index in [1.54, 1.807) is 29.6 Å². The van der Waals surface area contributed by atoms with Crippen LogP contribution in [0.25, 0.3) is 10.9 Å². The molecule has 1 heterocycles. The molecule has 7 nitrogen and oxygen atoms in total. The van der Waals surface area contributed by atoms with Crippen LogP contribution in [-0.4, -0.2) is 42.2 Å². The van der Waals surface area contributed by atoms with Gasteiger partial charge in [-0.3, -0.25) is 10.1 Å². The fourth-order valence-corrected chi connectivity index (χ4v) is 2.11. The molecule has 2 rings (SSSR count). The third kappa shape index (κ3) is 5.59. The van der Waals surface area contributed by atoms with E-state index in [1.807, 2.05) is 0 Å². The number of para-hydroxylation sites is 1. The number of carbonyl (C=O) groups is 3. The van der Waals surface area contributed by atoms with Crippen molar-refractivity contribution in [2.75, 3.05) is 13.2 Å². The van der Waals surface area contributed by atoms with Crippen LogP contribution in [0.2, 0.25) is 5.15 Å². The van der Waals surface area contributed by atoms with Crippen molar-refractivity contribution < 1.29 is 32.3 Å². The van der Waals surface area contributed by atoms with E-state index in [1.165, 1.54) is 11.4 Å². The molecule has 2 N–H and O–H groups in total. The number of ether oxygens (including phenoxy) is 1. The molecule has 0 unspecified atom stereocenters. The minimum absolute atomic E-state index is 0.0339. The van der Waals surface area contributed by atoms with E-state index < -0.39 is 37.2 Å². The molecular weight excluding hydrogens is 379 g/mol. The maximum Gasteiger partial charge on any atom is 0.405 e. The van der Waals surface area contributed by atoms with Gasteiger partial charge in [0.15, 0.2) is 6.61 Å². The van der Waals surface area contributed by atoms with Crippen LogP contribution in [0.4, 0.5) is 18.0 Å². The van der Waals surface area contributed by atoms with Crippen molar-refractivity contribution in [3.8, 4) is 0 Å². The van der Waals surface area contributed by atoms with Crippen LogP contribution in [0.15, 0.2) is 30.3 Å². The van der Waals surface area contributed by atoms with Crippen molar-refractivity contribution in [2.45, 2.75) is 6.18 Å². The lowest BCUT2D eigenvalue weighted by molar-refractivity contribution is -0.125. The second kappa shape index (κ2) is 8.00. The quantitative estimate of drug-likeness (QED) is 0.618. The molecule has 26 heavy (non-hydrogen) atoms.